The number of aromatic nitrogens is 1. The number of ether oxygens (including phenoxy) is 3. The molecule has 0 atom stereocenters. The Labute approximate surface area is 167 Å². The van der Waals surface area contributed by atoms with Crippen molar-refractivity contribution in [3.05, 3.63) is 40.6 Å². The molecule has 0 fully saturated rings. The van der Waals surface area contributed by atoms with Crippen LogP contribution >= 0.6 is 11.3 Å². The number of hydrogen-bond donors (Lipinski definition) is 0. The SMILES string of the molecule is CCCCc1ccc2c(c1)sc(=NC(=O)C1=COCCO1)n2CC(=O)OCC. The second kappa shape index (κ2) is 9.54. The molecule has 7 nitrogen and oxygen atoms in total. The highest BCUT2D eigenvalue weighted by Gasteiger charge is 2.17. The Morgan fingerprint density at radius 1 is 1.29 bits per heavy atom. The standard InChI is InChI=1S/C20H24N2O5S/c1-3-5-6-14-7-8-15-17(11-14)28-20(22(15)12-18(23)26-4-2)21-19(24)16-13-25-9-10-27-16/h7-8,11,13H,3-6,9-10,12H2,1-2H3. The molecule has 0 N–H and O–H groups in total. The van der Waals surface area contributed by atoms with Gasteiger partial charge in [0.1, 0.15) is 26.0 Å². The third-order valence-electron chi connectivity index (χ3n) is 4.22. The van der Waals surface area contributed by atoms with Crippen LogP contribution in [0.1, 0.15) is 32.3 Å². The summed E-state index contributed by atoms with van der Waals surface area (Å²) in [4.78, 5) is 29.1. The van der Waals surface area contributed by atoms with Crippen LogP contribution in [0.3, 0.4) is 0 Å². The number of unbranched alkanes of at least 4 members (excludes halogenated alkanes) is 1. The van der Waals surface area contributed by atoms with Crippen molar-refractivity contribution in [1.29, 1.82) is 0 Å². The van der Waals surface area contributed by atoms with Gasteiger partial charge in [0.15, 0.2) is 4.80 Å². The van der Waals surface area contributed by atoms with E-state index in [9.17, 15) is 9.59 Å². The summed E-state index contributed by atoms with van der Waals surface area (Å²) in [5.74, 6) is -0.840. The first kappa shape index (κ1) is 20.1. The fourth-order valence-corrected chi connectivity index (χ4v) is 3.94. The number of rotatable bonds is 7. The largest absolute Gasteiger partial charge is 0.494 e. The lowest BCUT2D eigenvalue weighted by Crippen LogP contribution is -2.24. The van der Waals surface area contributed by atoms with E-state index in [0.717, 1.165) is 29.5 Å². The molecule has 1 amide bonds. The van der Waals surface area contributed by atoms with Crippen molar-refractivity contribution >= 4 is 33.4 Å². The number of nitrogens with zero attached hydrogens (tertiary/aromatic N) is 2. The second-order valence-electron chi connectivity index (χ2n) is 6.30. The Kier molecular flexibility index (Phi) is 6.86. The van der Waals surface area contributed by atoms with Gasteiger partial charge in [0.2, 0.25) is 5.76 Å². The van der Waals surface area contributed by atoms with Crippen LogP contribution in [-0.4, -0.2) is 36.3 Å². The number of thiazole rings is 1. The number of hydrogen-bond acceptors (Lipinski definition) is 6. The van der Waals surface area contributed by atoms with Gasteiger partial charge in [0.25, 0.3) is 0 Å². The van der Waals surface area contributed by atoms with E-state index in [1.54, 1.807) is 11.5 Å². The zero-order valence-electron chi connectivity index (χ0n) is 16.1. The average molecular weight is 404 g/mol. The number of amides is 1. The normalized spacial score (nSPS) is 14.4. The monoisotopic (exact) mass is 404 g/mol. The highest BCUT2D eigenvalue weighted by Crippen LogP contribution is 2.21. The Morgan fingerprint density at radius 2 is 2.14 bits per heavy atom. The molecule has 2 aromatic rings. The van der Waals surface area contributed by atoms with Crippen molar-refractivity contribution in [2.45, 2.75) is 39.7 Å². The van der Waals surface area contributed by atoms with Gasteiger partial charge in [-0.3, -0.25) is 9.59 Å². The van der Waals surface area contributed by atoms with E-state index < -0.39 is 5.91 Å². The molecular formula is C20H24N2O5S. The van der Waals surface area contributed by atoms with Crippen LogP contribution in [0, 0.1) is 0 Å². The summed E-state index contributed by atoms with van der Waals surface area (Å²) in [6.45, 7) is 4.92. The number of benzene rings is 1. The van der Waals surface area contributed by atoms with E-state index in [2.05, 4.69) is 24.0 Å². The molecule has 0 saturated carbocycles. The van der Waals surface area contributed by atoms with Gasteiger partial charge in [-0.25, -0.2) is 0 Å². The summed E-state index contributed by atoms with van der Waals surface area (Å²) in [5.41, 5.74) is 2.07. The number of carbonyl (C=O) groups excluding carboxylic acids is 2. The highest BCUT2D eigenvalue weighted by molar-refractivity contribution is 7.16. The van der Waals surface area contributed by atoms with Crippen molar-refractivity contribution < 1.29 is 23.8 Å². The maximum Gasteiger partial charge on any atom is 0.326 e. The first-order chi connectivity index (χ1) is 13.6. The van der Waals surface area contributed by atoms with Crippen LogP contribution in [0.5, 0.6) is 0 Å². The van der Waals surface area contributed by atoms with Gasteiger partial charge < -0.3 is 18.8 Å². The predicted molar refractivity (Wildman–Crippen MR) is 106 cm³/mol. The Morgan fingerprint density at radius 3 is 2.86 bits per heavy atom. The Bertz CT molecular complexity index is 957. The van der Waals surface area contributed by atoms with Gasteiger partial charge >= 0.3 is 11.9 Å². The molecule has 3 rings (SSSR count). The highest BCUT2D eigenvalue weighted by atomic mass is 32.1. The van der Waals surface area contributed by atoms with Gasteiger partial charge in [0.05, 0.1) is 16.8 Å². The van der Waals surface area contributed by atoms with Gasteiger partial charge in [-0.1, -0.05) is 30.7 Å². The minimum absolute atomic E-state index is 0.00926. The average Bonchev–Trinajstić information content (AvgIpc) is 3.03. The molecule has 1 aliphatic heterocycles. The summed E-state index contributed by atoms with van der Waals surface area (Å²) in [6.07, 6.45) is 4.51. The van der Waals surface area contributed by atoms with Crippen LogP contribution in [0.4, 0.5) is 0 Å². The first-order valence-corrected chi connectivity index (χ1v) is 10.3. The Hall–Kier alpha value is -2.61. The number of carbonyl (C=O) groups is 2. The molecule has 2 heterocycles. The predicted octanol–water partition coefficient (Wildman–Crippen LogP) is 2.92. The minimum atomic E-state index is -0.532. The molecule has 28 heavy (non-hydrogen) atoms. The molecule has 0 unspecified atom stereocenters. The van der Waals surface area contributed by atoms with E-state index >= 15 is 0 Å². The van der Waals surface area contributed by atoms with Crippen LogP contribution < -0.4 is 4.80 Å². The van der Waals surface area contributed by atoms with Gasteiger partial charge in [-0.05, 0) is 37.5 Å². The lowest BCUT2D eigenvalue weighted by atomic mass is 10.1. The van der Waals surface area contributed by atoms with Crippen molar-refractivity contribution in [2.24, 2.45) is 4.99 Å². The third-order valence-corrected chi connectivity index (χ3v) is 5.26. The first-order valence-electron chi connectivity index (χ1n) is 9.44. The third kappa shape index (κ3) is 4.81. The number of aryl methyl sites for hydroxylation is 1. The molecule has 1 aromatic heterocycles. The molecule has 0 radical (unpaired) electrons. The van der Waals surface area contributed by atoms with E-state index in [4.69, 9.17) is 14.2 Å². The molecule has 1 aliphatic rings. The van der Waals surface area contributed by atoms with Crippen molar-refractivity contribution in [3.8, 4) is 0 Å². The summed E-state index contributed by atoms with van der Waals surface area (Å²) < 4.78 is 18.2. The second-order valence-corrected chi connectivity index (χ2v) is 7.31. The Balaban J connectivity index is 2.02. The summed E-state index contributed by atoms with van der Waals surface area (Å²) in [6, 6.07) is 6.12. The van der Waals surface area contributed by atoms with Crippen LogP contribution in [0.2, 0.25) is 0 Å². The van der Waals surface area contributed by atoms with E-state index in [1.165, 1.54) is 23.2 Å². The summed E-state index contributed by atoms with van der Waals surface area (Å²) >= 11 is 1.37. The molecule has 0 spiro atoms. The van der Waals surface area contributed by atoms with Crippen molar-refractivity contribution in [3.63, 3.8) is 0 Å². The maximum atomic E-state index is 12.5. The smallest absolute Gasteiger partial charge is 0.326 e. The molecule has 8 heteroatoms. The molecule has 0 bridgehead atoms. The van der Waals surface area contributed by atoms with Gasteiger partial charge in [-0.2, -0.15) is 4.99 Å². The zero-order valence-corrected chi connectivity index (χ0v) is 16.9. The van der Waals surface area contributed by atoms with Crippen molar-refractivity contribution in [2.75, 3.05) is 19.8 Å². The topological polar surface area (TPSA) is 79.1 Å². The van der Waals surface area contributed by atoms with E-state index in [0.29, 0.717) is 24.6 Å². The van der Waals surface area contributed by atoms with Crippen LogP contribution in [0.15, 0.2) is 35.2 Å². The van der Waals surface area contributed by atoms with Crippen LogP contribution in [0.25, 0.3) is 10.2 Å². The fourth-order valence-electron chi connectivity index (χ4n) is 2.85. The summed E-state index contributed by atoms with van der Waals surface area (Å²) in [7, 11) is 0. The van der Waals surface area contributed by atoms with Crippen molar-refractivity contribution in [1.82, 2.24) is 4.57 Å². The maximum absolute atomic E-state index is 12.5. The fraction of sp³-hybridized carbons (Fsp3) is 0.450. The van der Waals surface area contributed by atoms with E-state index in [-0.39, 0.29) is 18.3 Å². The molecule has 0 saturated heterocycles. The number of esters is 1. The van der Waals surface area contributed by atoms with Crippen LogP contribution in [-0.2, 0) is 36.8 Å². The quantitative estimate of drug-likeness (QED) is 0.663. The number of fused-ring (bicyclic) bond motifs is 1. The minimum Gasteiger partial charge on any atom is -0.494 e. The zero-order chi connectivity index (χ0) is 19.9. The van der Waals surface area contributed by atoms with E-state index in [1.807, 2.05) is 6.07 Å². The lowest BCUT2D eigenvalue weighted by Gasteiger charge is -2.12. The molecule has 150 valence electrons. The van der Waals surface area contributed by atoms with Gasteiger partial charge in [0, 0.05) is 0 Å². The summed E-state index contributed by atoms with van der Waals surface area (Å²) in [5, 5.41) is 0. The molecular weight excluding hydrogens is 380 g/mol. The molecule has 1 aromatic carbocycles. The lowest BCUT2D eigenvalue weighted by molar-refractivity contribution is -0.143. The molecule has 0 aliphatic carbocycles. The van der Waals surface area contributed by atoms with Gasteiger partial charge in [-0.15, -0.1) is 0 Å².